The van der Waals surface area contributed by atoms with Gasteiger partial charge in [0.15, 0.2) is 6.33 Å². The highest BCUT2D eigenvalue weighted by molar-refractivity contribution is 6.00. The Bertz CT molecular complexity index is 1110. The molecule has 7 rings (SSSR count). The smallest absolute Gasteiger partial charge is 0.255 e. The van der Waals surface area contributed by atoms with E-state index in [1.54, 1.807) is 6.20 Å². The molecule has 0 saturated heterocycles. The van der Waals surface area contributed by atoms with Crippen molar-refractivity contribution in [2.24, 2.45) is 11.8 Å². The maximum absolute atomic E-state index is 13.6. The van der Waals surface area contributed by atoms with Crippen LogP contribution in [-0.2, 0) is 5.54 Å². The quantitative estimate of drug-likeness (QED) is 0.703. The summed E-state index contributed by atoms with van der Waals surface area (Å²) in [6.07, 6.45) is 9.42. The van der Waals surface area contributed by atoms with Crippen molar-refractivity contribution in [2.75, 3.05) is 0 Å². The van der Waals surface area contributed by atoms with Crippen LogP contribution < -0.4 is 5.32 Å². The fourth-order valence-corrected chi connectivity index (χ4v) is 6.74. The number of carbonyl (C=O) groups excluding carboxylic acids is 1. The van der Waals surface area contributed by atoms with E-state index in [4.69, 9.17) is 0 Å². The molecular formula is C23H25N7O. The lowest BCUT2D eigenvalue weighted by Gasteiger charge is -2.61. The van der Waals surface area contributed by atoms with E-state index in [0.29, 0.717) is 28.9 Å². The molecule has 4 aliphatic carbocycles. The van der Waals surface area contributed by atoms with Gasteiger partial charge < -0.3 is 5.32 Å². The third-order valence-corrected chi connectivity index (χ3v) is 7.38. The molecule has 1 aromatic carbocycles. The van der Waals surface area contributed by atoms with Crippen LogP contribution in [0.25, 0.3) is 11.3 Å². The summed E-state index contributed by atoms with van der Waals surface area (Å²) in [5.74, 6) is 1.72. The number of hydrogen-bond donors (Lipinski definition) is 1. The summed E-state index contributed by atoms with van der Waals surface area (Å²) in [4.78, 5) is 24.3. The lowest BCUT2D eigenvalue weighted by Crippen LogP contribution is -2.66. The van der Waals surface area contributed by atoms with Gasteiger partial charge in [-0.1, -0.05) is 30.3 Å². The number of carbonyl (C=O) groups is 1. The molecule has 0 aliphatic heterocycles. The summed E-state index contributed by atoms with van der Waals surface area (Å²) in [6.45, 7) is 1.85. The minimum Gasteiger partial charge on any atom is -0.346 e. The first-order valence-electron chi connectivity index (χ1n) is 11.0. The summed E-state index contributed by atoms with van der Waals surface area (Å²) in [6, 6.07) is 9.85. The van der Waals surface area contributed by atoms with Crippen molar-refractivity contribution in [1.82, 2.24) is 35.5 Å². The minimum absolute atomic E-state index is 0.0949. The highest BCUT2D eigenvalue weighted by Crippen LogP contribution is 2.60. The summed E-state index contributed by atoms with van der Waals surface area (Å²) >= 11 is 0. The lowest BCUT2D eigenvalue weighted by atomic mass is 9.50. The number of aryl methyl sites for hydroxylation is 1. The van der Waals surface area contributed by atoms with E-state index in [-0.39, 0.29) is 17.0 Å². The normalized spacial score (nSPS) is 31.0. The predicted octanol–water partition coefficient (Wildman–Crippen LogP) is 2.92. The molecular weight excluding hydrogens is 390 g/mol. The highest BCUT2D eigenvalue weighted by atomic mass is 16.1. The van der Waals surface area contributed by atoms with Crippen molar-refractivity contribution in [2.45, 2.75) is 56.5 Å². The van der Waals surface area contributed by atoms with Gasteiger partial charge in [0, 0.05) is 17.3 Å². The van der Waals surface area contributed by atoms with E-state index < -0.39 is 0 Å². The van der Waals surface area contributed by atoms with Crippen LogP contribution in [0.3, 0.4) is 0 Å². The summed E-state index contributed by atoms with van der Waals surface area (Å²) < 4.78 is 0. The first-order chi connectivity index (χ1) is 15.0. The van der Waals surface area contributed by atoms with Gasteiger partial charge >= 0.3 is 0 Å². The molecule has 2 aromatic heterocycles. The molecule has 0 radical (unpaired) electrons. The molecule has 0 spiro atoms. The zero-order valence-electron chi connectivity index (χ0n) is 17.5. The van der Waals surface area contributed by atoms with E-state index in [0.717, 1.165) is 37.7 Å². The van der Waals surface area contributed by atoms with E-state index in [2.05, 4.69) is 30.7 Å². The van der Waals surface area contributed by atoms with Crippen LogP contribution in [0, 0.1) is 18.8 Å². The molecule has 31 heavy (non-hydrogen) atoms. The van der Waals surface area contributed by atoms with Crippen molar-refractivity contribution in [1.29, 1.82) is 0 Å². The lowest BCUT2D eigenvalue weighted by molar-refractivity contribution is -0.0810. The Morgan fingerprint density at radius 1 is 1.13 bits per heavy atom. The molecule has 4 fully saturated rings. The van der Waals surface area contributed by atoms with Gasteiger partial charge in [0.2, 0.25) is 0 Å². The van der Waals surface area contributed by atoms with Gasteiger partial charge in [-0.2, -0.15) is 4.80 Å². The number of rotatable bonds is 4. The van der Waals surface area contributed by atoms with Gasteiger partial charge in [-0.05, 0) is 62.5 Å². The van der Waals surface area contributed by atoms with Crippen LogP contribution >= 0.6 is 0 Å². The fraction of sp³-hybridized carbons (Fsp3) is 0.478. The third-order valence-electron chi connectivity index (χ3n) is 7.38. The molecule has 2 unspecified atom stereocenters. The Hall–Kier alpha value is -3.16. The molecule has 3 aromatic rings. The highest BCUT2D eigenvalue weighted by Gasteiger charge is 2.60. The zero-order valence-corrected chi connectivity index (χ0v) is 17.5. The third kappa shape index (κ3) is 3.04. The number of nitrogens with zero attached hydrogens (tertiary/aromatic N) is 6. The maximum atomic E-state index is 13.6. The van der Waals surface area contributed by atoms with E-state index in [9.17, 15) is 4.79 Å². The average molecular weight is 416 g/mol. The van der Waals surface area contributed by atoms with E-state index in [1.807, 2.05) is 42.1 Å². The van der Waals surface area contributed by atoms with E-state index in [1.165, 1.54) is 12.7 Å². The van der Waals surface area contributed by atoms with E-state index >= 15 is 0 Å². The van der Waals surface area contributed by atoms with Crippen molar-refractivity contribution >= 4 is 5.91 Å². The molecule has 1 amide bonds. The minimum atomic E-state index is -0.242. The molecule has 158 valence electrons. The van der Waals surface area contributed by atoms with Gasteiger partial charge in [-0.15, -0.1) is 10.2 Å². The summed E-state index contributed by atoms with van der Waals surface area (Å²) in [7, 11) is 0. The Morgan fingerprint density at radius 2 is 1.90 bits per heavy atom. The van der Waals surface area contributed by atoms with Gasteiger partial charge in [-0.25, -0.2) is 9.97 Å². The fourth-order valence-electron chi connectivity index (χ4n) is 6.74. The molecule has 4 aliphatic rings. The number of nitrogens with one attached hydrogen (secondary N) is 1. The SMILES string of the molecule is Cc1ncc(C(=O)NC23C[C@H]4C[C@@H](C2)CC(n2ncnn2)(C4)C3)c(-c2ccccc2)n1. The average Bonchev–Trinajstić information content (AvgIpc) is 3.29. The van der Waals surface area contributed by atoms with Crippen molar-refractivity contribution in [3.8, 4) is 11.3 Å². The first-order valence-corrected chi connectivity index (χ1v) is 11.0. The van der Waals surface area contributed by atoms with Crippen LogP contribution in [-0.4, -0.2) is 41.6 Å². The second-order valence-corrected chi connectivity index (χ2v) is 9.69. The Kier molecular flexibility index (Phi) is 4.00. The van der Waals surface area contributed by atoms with Crippen molar-refractivity contribution < 1.29 is 4.79 Å². The monoisotopic (exact) mass is 415 g/mol. The molecule has 4 atom stereocenters. The predicted molar refractivity (Wildman–Crippen MR) is 113 cm³/mol. The van der Waals surface area contributed by atoms with Crippen LogP contribution in [0.15, 0.2) is 42.9 Å². The van der Waals surface area contributed by atoms with Crippen molar-refractivity contribution in [3.63, 3.8) is 0 Å². The maximum Gasteiger partial charge on any atom is 0.255 e. The van der Waals surface area contributed by atoms with Gasteiger partial charge in [0.25, 0.3) is 5.91 Å². The molecule has 8 nitrogen and oxygen atoms in total. The molecule has 8 heteroatoms. The largest absolute Gasteiger partial charge is 0.346 e. The number of hydrogen-bond acceptors (Lipinski definition) is 6. The van der Waals surface area contributed by atoms with Crippen LogP contribution in [0.5, 0.6) is 0 Å². The van der Waals surface area contributed by atoms with Crippen LogP contribution in [0.2, 0.25) is 0 Å². The number of tetrazole rings is 1. The number of aromatic nitrogens is 6. The Morgan fingerprint density at radius 3 is 2.61 bits per heavy atom. The Balaban J connectivity index is 1.34. The van der Waals surface area contributed by atoms with Gasteiger partial charge in [0.05, 0.1) is 16.8 Å². The van der Waals surface area contributed by atoms with Crippen molar-refractivity contribution in [3.05, 3.63) is 54.2 Å². The standard InChI is InChI=1S/C23H25N7O/c1-15-24-12-19(20(27-15)18-5-3-2-4-6-18)21(31)28-22-8-16-7-17(9-22)11-23(10-16,13-22)30-26-14-25-29-30/h2-6,12,14,16-17H,7-11,13H2,1H3,(H,28,31)/t16-,17+,22?,23?. The molecule has 4 saturated carbocycles. The molecule has 2 heterocycles. The van der Waals surface area contributed by atoms with Crippen LogP contribution in [0.1, 0.15) is 54.7 Å². The number of amides is 1. The van der Waals surface area contributed by atoms with Gasteiger partial charge in [0.1, 0.15) is 5.82 Å². The Labute approximate surface area is 180 Å². The second-order valence-electron chi connectivity index (χ2n) is 9.69. The van der Waals surface area contributed by atoms with Gasteiger partial charge in [-0.3, -0.25) is 4.79 Å². The topological polar surface area (TPSA) is 98.5 Å². The summed E-state index contributed by atoms with van der Waals surface area (Å²) in [5, 5.41) is 16.1. The summed E-state index contributed by atoms with van der Waals surface area (Å²) in [5.41, 5.74) is 1.75. The number of benzene rings is 1. The van der Waals surface area contributed by atoms with Crippen LogP contribution in [0.4, 0.5) is 0 Å². The molecule has 1 N–H and O–H groups in total. The first kappa shape index (κ1) is 18.6. The zero-order chi connectivity index (χ0) is 21.1. The molecule has 4 bridgehead atoms. The second kappa shape index (κ2) is 6.67.